The number of aryl methyl sites for hydroxylation is 1. The van der Waals surface area contributed by atoms with E-state index in [0.29, 0.717) is 18.2 Å². The molecule has 0 saturated heterocycles. The molecule has 78 valence electrons. The summed E-state index contributed by atoms with van der Waals surface area (Å²) in [6, 6.07) is 0. The highest BCUT2D eigenvalue weighted by molar-refractivity contribution is 5.92. The number of carbonyl (C=O) groups is 1. The second-order valence-corrected chi connectivity index (χ2v) is 3.97. The van der Waals surface area contributed by atoms with E-state index in [1.165, 1.54) is 0 Å². The van der Waals surface area contributed by atoms with E-state index < -0.39 is 0 Å². The summed E-state index contributed by atoms with van der Waals surface area (Å²) in [4.78, 5) is 15.8. The van der Waals surface area contributed by atoms with E-state index >= 15 is 0 Å². The van der Waals surface area contributed by atoms with Gasteiger partial charge in [-0.05, 0) is 12.3 Å². The Bertz CT molecular complexity index is 302. The van der Waals surface area contributed by atoms with Crippen molar-refractivity contribution in [2.75, 3.05) is 0 Å². The van der Waals surface area contributed by atoms with Crippen LogP contribution in [0.3, 0.4) is 0 Å². The molecule has 0 aliphatic carbocycles. The summed E-state index contributed by atoms with van der Waals surface area (Å²) in [5.41, 5.74) is 0. The third-order valence-corrected chi connectivity index (χ3v) is 2.02. The molecule has 1 aromatic rings. The summed E-state index contributed by atoms with van der Waals surface area (Å²) in [6.07, 6.45) is 5.18. The van der Waals surface area contributed by atoms with Gasteiger partial charge in [0.05, 0.1) is 0 Å². The highest BCUT2D eigenvalue weighted by atomic mass is 16.1. The fourth-order valence-corrected chi connectivity index (χ4v) is 1.44. The molecule has 14 heavy (non-hydrogen) atoms. The van der Waals surface area contributed by atoms with Gasteiger partial charge in [-0.2, -0.15) is 0 Å². The quantitative estimate of drug-likeness (QED) is 0.675. The maximum Gasteiger partial charge on any atom is 0.198 e. The van der Waals surface area contributed by atoms with Crippen molar-refractivity contribution in [1.29, 1.82) is 0 Å². The number of imidazole rings is 1. The van der Waals surface area contributed by atoms with Gasteiger partial charge in [-0.3, -0.25) is 4.79 Å². The maximum absolute atomic E-state index is 11.7. The average Bonchev–Trinajstić information content (AvgIpc) is 2.51. The molecular formula is C11H18N2O. The van der Waals surface area contributed by atoms with Gasteiger partial charge in [0, 0.05) is 25.4 Å². The van der Waals surface area contributed by atoms with Gasteiger partial charge < -0.3 is 4.57 Å². The van der Waals surface area contributed by atoms with Crippen LogP contribution >= 0.6 is 0 Å². The Hall–Kier alpha value is -1.12. The van der Waals surface area contributed by atoms with Crippen molar-refractivity contribution in [3.8, 4) is 0 Å². The molecule has 0 unspecified atom stereocenters. The summed E-state index contributed by atoms with van der Waals surface area (Å²) in [6.45, 7) is 7.06. The molecule has 0 bridgehead atoms. The summed E-state index contributed by atoms with van der Waals surface area (Å²) in [5.74, 6) is 1.16. The Morgan fingerprint density at radius 2 is 2.29 bits per heavy atom. The summed E-state index contributed by atoms with van der Waals surface area (Å²) in [7, 11) is 0. The van der Waals surface area contributed by atoms with Gasteiger partial charge in [0.2, 0.25) is 0 Å². The number of Topliss-reactive ketones (excluding diaryl/α,β-unsaturated/α-hetero) is 1. The summed E-state index contributed by atoms with van der Waals surface area (Å²) < 4.78 is 1.94. The van der Waals surface area contributed by atoms with Crippen LogP contribution in [0.15, 0.2) is 12.4 Å². The number of hydrogen-bond donors (Lipinski definition) is 0. The molecule has 0 aliphatic rings. The normalized spacial score (nSPS) is 10.9. The van der Waals surface area contributed by atoms with Gasteiger partial charge in [-0.1, -0.05) is 20.8 Å². The van der Waals surface area contributed by atoms with Gasteiger partial charge in [0.25, 0.3) is 0 Å². The lowest BCUT2D eigenvalue weighted by Crippen LogP contribution is -2.12. The van der Waals surface area contributed by atoms with Crippen LogP contribution in [-0.4, -0.2) is 15.3 Å². The van der Waals surface area contributed by atoms with Gasteiger partial charge >= 0.3 is 0 Å². The fourth-order valence-electron chi connectivity index (χ4n) is 1.44. The number of hydrogen-bond acceptors (Lipinski definition) is 2. The molecule has 0 amide bonds. The van der Waals surface area contributed by atoms with E-state index in [-0.39, 0.29) is 5.78 Å². The smallest absolute Gasteiger partial charge is 0.198 e. The van der Waals surface area contributed by atoms with E-state index in [9.17, 15) is 4.79 Å². The Morgan fingerprint density at radius 1 is 1.57 bits per heavy atom. The molecule has 3 nitrogen and oxygen atoms in total. The molecule has 0 spiro atoms. The van der Waals surface area contributed by atoms with E-state index in [4.69, 9.17) is 0 Å². The zero-order valence-electron chi connectivity index (χ0n) is 9.16. The standard InChI is InChI=1S/C11H18N2O/c1-4-6-13-7-5-12-11(13)10(14)8-9(2)3/h5,7,9H,4,6,8H2,1-3H3. The van der Waals surface area contributed by atoms with Gasteiger partial charge in [-0.25, -0.2) is 4.98 Å². The van der Waals surface area contributed by atoms with Crippen LogP contribution in [0.1, 0.15) is 44.2 Å². The minimum Gasteiger partial charge on any atom is -0.329 e. The molecule has 0 aliphatic heterocycles. The molecule has 0 radical (unpaired) electrons. The second kappa shape index (κ2) is 4.94. The van der Waals surface area contributed by atoms with Crippen LogP contribution < -0.4 is 0 Å². The minimum absolute atomic E-state index is 0.151. The first-order chi connectivity index (χ1) is 6.65. The molecular weight excluding hydrogens is 176 g/mol. The number of nitrogens with zero attached hydrogens (tertiary/aromatic N) is 2. The largest absolute Gasteiger partial charge is 0.329 e. The monoisotopic (exact) mass is 194 g/mol. The van der Waals surface area contributed by atoms with Crippen LogP contribution in [0.5, 0.6) is 0 Å². The van der Waals surface area contributed by atoms with Crippen molar-refractivity contribution in [1.82, 2.24) is 9.55 Å². The molecule has 0 aromatic carbocycles. The minimum atomic E-state index is 0.151. The van der Waals surface area contributed by atoms with Crippen LogP contribution in [0, 0.1) is 5.92 Å². The number of rotatable bonds is 5. The van der Waals surface area contributed by atoms with E-state index in [1.54, 1.807) is 6.20 Å². The SMILES string of the molecule is CCCn1ccnc1C(=O)CC(C)C. The van der Waals surface area contributed by atoms with Crippen molar-refractivity contribution in [3.63, 3.8) is 0 Å². The van der Waals surface area contributed by atoms with Crippen LogP contribution in [0.25, 0.3) is 0 Å². The lowest BCUT2D eigenvalue weighted by molar-refractivity contribution is 0.0953. The van der Waals surface area contributed by atoms with E-state index in [2.05, 4.69) is 11.9 Å². The molecule has 1 heterocycles. The molecule has 0 N–H and O–H groups in total. The first kappa shape index (κ1) is 11.0. The second-order valence-electron chi connectivity index (χ2n) is 3.97. The van der Waals surface area contributed by atoms with E-state index in [0.717, 1.165) is 13.0 Å². The van der Waals surface area contributed by atoms with Crippen LogP contribution in [-0.2, 0) is 6.54 Å². The predicted molar refractivity (Wildman–Crippen MR) is 56.3 cm³/mol. The van der Waals surface area contributed by atoms with Gasteiger partial charge in [0.1, 0.15) is 0 Å². The number of aromatic nitrogens is 2. The third-order valence-electron chi connectivity index (χ3n) is 2.02. The van der Waals surface area contributed by atoms with Crippen LogP contribution in [0.2, 0.25) is 0 Å². The number of ketones is 1. The predicted octanol–water partition coefficient (Wildman–Crippen LogP) is 2.52. The van der Waals surface area contributed by atoms with Crippen molar-refractivity contribution < 1.29 is 4.79 Å². The average molecular weight is 194 g/mol. The zero-order chi connectivity index (χ0) is 10.6. The fraction of sp³-hybridized carbons (Fsp3) is 0.636. The molecule has 1 rings (SSSR count). The lowest BCUT2D eigenvalue weighted by Gasteiger charge is -2.06. The summed E-state index contributed by atoms with van der Waals surface area (Å²) in [5, 5.41) is 0. The zero-order valence-corrected chi connectivity index (χ0v) is 9.16. The topological polar surface area (TPSA) is 34.9 Å². The highest BCUT2D eigenvalue weighted by Gasteiger charge is 2.13. The van der Waals surface area contributed by atoms with Crippen molar-refractivity contribution in [2.24, 2.45) is 5.92 Å². The first-order valence-electron chi connectivity index (χ1n) is 5.19. The molecule has 3 heteroatoms. The Labute approximate surface area is 85.2 Å². The summed E-state index contributed by atoms with van der Waals surface area (Å²) >= 11 is 0. The lowest BCUT2D eigenvalue weighted by atomic mass is 10.1. The Morgan fingerprint density at radius 3 is 2.86 bits per heavy atom. The maximum atomic E-state index is 11.7. The van der Waals surface area contributed by atoms with Crippen LogP contribution in [0.4, 0.5) is 0 Å². The third kappa shape index (κ3) is 2.69. The van der Waals surface area contributed by atoms with Gasteiger partial charge in [-0.15, -0.1) is 0 Å². The Balaban J connectivity index is 2.73. The van der Waals surface area contributed by atoms with E-state index in [1.807, 2.05) is 24.6 Å². The molecule has 0 saturated carbocycles. The number of carbonyl (C=O) groups excluding carboxylic acids is 1. The first-order valence-corrected chi connectivity index (χ1v) is 5.19. The van der Waals surface area contributed by atoms with Crippen molar-refractivity contribution in [3.05, 3.63) is 18.2 Å². The van der Waals surface area contributed by atoms with Crippen molar-refractivity contribution >= 4 is 5.78 Å². The molecule has 0 fully saturated rings. The van der Waals surface area contributed by atoms with Crippen molar-refractivity contribution in [2.45, 2.75) is 40.2 Å². The van der Waals surface area contributed by atoms with Gasteiger partial charge in [0.15, 0.2) is 11.6 Å². The highest BCUT2D eigenvalue weighted by Crippen LogP contribution is 2.08. The Kier molecular flexibility index (Phi) is 3.86. The molecule has 1 aromatic heterocycles. The molecule has 0 atom stereocenters.